The monoisotopic (exact) mass is 272 g/mol. The minimum absolute atomic E-state index is 0.138. The summed E-state index contributed by atoms with van der Waals surface area (Å²) < 4.78 is 18.7. The lowest BCUT2D eigenvalue weighted by Crippen LogP contribution is -2.09. The molecule has 3 nitrogen and oxygen atoms in total. The molecular formula is C16H13FO3. The van der Waals surface area contributed by atoms with Crippen LogP contribution in [0.4, 0.5) is 4.39 Å². The second kappa shape index (κ2) is 5.57. The number of aromatic hydroxyl groups is 1. The van der Waals surface area contributed by atoms with Crippen molar-refractivity contribution >= 4 is 5.97 Å². The van der Waals surface area contributed by atoms with Crippen LogP contribution in [0.25, 0.3) is 11.1 Å². The second-order valence-corrected chi connectivity index (χ2v) is 4.36. The first-order valence-electron chi connectivity index (χ1n) is 5.94. The van der Waals surface area contributed by atoms with E-state index in [4.69, 9.17) is 4.74 Å². The lowest BCUT2D eigenvalue weighted by atomic mass is 10.1. The van der Waals surface area contributed by atoms with Crippen molar-refractivity contribution in [1.82, 2.24) is 0 Å². The predicted octanol–water partition coefficient (Wildman–Crippen LogP) is 3.68. The summed E-state index contributed by atoms with van der Waals surface area (Å²) in [7, 11) is 0. The Balaban J connectivity index is 2.28. The summed E-state index contributed by atoms with van der Waals surface area (Å²) in [5.41, 5.74) is 1.57. The zero-order valence-electron chi connectivity index (χ0n) is 10.9. The van der Waals surface area contributed by atoms with E-state index < -0.39 is 11.8 Å². The molecule has 102 valence electrons. The third-order valence-corrected chi connectivity index (χ3v) is 2.68. The molecule has 0 unspecified atom stereocenters. The molecule has 2 rings (SSSR count). The van der Waals surface area contributed by atoms with Gasteiger partial charge in [0.1, 0.15) is 5.75 Å². The van der Waals surface area contributed by atoms with E-state index in [1.54, 1.807) is 18.2 Å². The molecule has 0 aliphatic rings. The van der Waals surface area contributed by atoms with Gasteiger partial charge >= 0.3 is 5.97 Å². The Labute approximate surface area is 115 Å². The molecule has 0 aliphatic heterocycles. The highest BCUT2D eigenvalue weighted by Gasteiger charge is 2.11. The van der Waals surface area contributed by atoms with Crippen molar-refractivity contribution in [1.29, 1.82) is 0 Å². The summed E-state index contributed by atoms with van der Waals surface area (Å²) in [4.78, 5) is 11.3. The summed E-state index contributed by atoms with van der Waals surface area (Å²) in [5.74, 6) is -1.30. The van der Waals surface area contributed by atoms with Gasteiger partial charge in [-0.3, -0.25) is 0 Å². The van der Waals surface area contributed by atoms with Crippen molar-refractivity contribution in [2.45, 2.75) is 6.92 Å². The van der Waals surface area contributed by atoms with Crippen LogP contribution < -0.4 is 4.74 Å². The fourth-order valence-corrected chi connectivity index (χ4v) is 1.60. The zero-order chi connectivity index (χ0) is 14.7. The Morgan fingerprint density at radius 1 is 1.15 bits per heavy atom. The van der Waals surface area contributed by atoms with Crippen LogP contribution in [0.15, 0.2) is 54.6 Å². The van der Waals surface area contributed by atoms with Crippen molar-refractivity contribution in [3.63, 3.8) is 0 Å². The summed E-state index contributed by atoms with van der Waals surface area (Å²) in [6.45, 7) is 4.92. The van der Waals surface area contributed by atoms with Crippen LogP contribution >= 0.6 is 0 Å². The smallest absolute Gasteiger partial charge is 0.338 e. The first-order chi connectivity index (χ1) is 9.47. The topological polar surface area (TPSA) is 46.5 Å². The molecule has 0 saturated carbocycles. The predicted molar refractivity (Wildman–Crippen MR) is 73.9 cm³/mol. The van der Waals surface area contributed by atoms with Crippen molar-refractivity contribution in [3.05, 3.63) is 60.4 Å². The minimum Gasteiger partial charge on any atom is -0.508 e. The average molecular weight is 272 g/mol. The Hall–Kier alpha value is -2.62. The molecule has 0 saturated heterocycles. The van der Waals surface area contributed by atoms with Gasteiger partial charge in [0.25, 0.3) is 0 Å². The normalized spacial score (nSPS) is 10.1. The average Bonchev–Trinajstić information content (AvgIpc) is 2.41. The zero-order valence-corrected chi connectivity index (χ0v) is 10.9. The third kappa shape index (κ3) is 3.03. The van der Waals surface area contributed by atoms with Gasteiger partial charge in [-0.25, -0.2) is 9.18 Å². The maximum Gasteiger partial charge on any atom is 0.338 e. The van der Waals surface area contributed by atoms with E-state index in [1.165, 1.54) is 31.2 Å². The first kappa shape index (κ1) is 13.8. The molecule has 0 radical (unpaired) electrons. The van der Waals surface area contributed by atoms with Crippen molar-refractivity contribution in [2.75, 3.05) is 0 Å². The van der Waals surface area contributed by atoms with Gasteiger partial charge in [0, 0.05) is 5.57 Å². The quantitative estimate of drug-likeness (QED) is 0.526. The minimum atomic E-state index is -0.665. The Morgan fingerprint density at radius 3 is 2.30 bits per heavy atom. The number of ether oxygens (including phenoxy) is 1. The van der Waals surface area contributed by atoms with E-state index in [-0.39, 0.29) is 17.1 Å². The number of phenols is 1. The van der Waals surface area contributed by atoms with Gasteiger partial charge < -0.3 is 9.84 Å². The molecule has 0 fully saturated rings. The van der Waals surface area contributed by atoms with Crippen molar-refractivity contribution < 1.29 is 19.0 Å². The SMILES string of the molecule is C=C(C)C(=O)Oc1ccc(-c2ccc(O)cc2)cc1F. The Kier molecular flexibility index (Phi) is 3.84. The number of benzene rings is 2. The van der Waals surface area contributed by atoms with Gasteiger partial charge in [0.05, 0.1) is 0 Å². The first-order valence-corrected chi connectivity index (χ1v) is 5.94. The molecule has 4 heteroatoms. The molecule has 0 bridgehead atoms. The van der Waals surface area contributed by atoms with E-state index >= 15 is 0 Å². The van der Waals surface area contributed by atoms with E-state index in [1.807, 2.05) is 0 Å². The van der Waals surface area contributed by atoms with Crippen LogP contribution in [0.2, 0.25) is 0 Å². The molecule has 0 amide bonds. The van der Waals surface area contributed by atoms with Gasteiger partial charge in [-0.2, -0.15) is 0 Å². The highest BCUT2D eigenvalue weighted by atomic mass is 19.1. The number of esters is 1. The van der Waals surface area contributed by atoms with E-state index in [2.05, 4.69) is 6.58 Å². The molecule has 0 spiro atoms. The van der Waals surface area contributed by atoms with Crippen LogP contribution in [0.1, 0.15) is 6.92 Å². The second-order valence-electron chi connectivity index (χ2n) is 4.36. The lowest BCUT2D eigenvalue weighted by molar-refractivity contribution is -0.130. The van der Waals surface area contributed by atoms with Gasteiger partial charge in [-0.15, -0.1) is 0 Å². The highest BCUT2D eigenvalue weighted by molar-refractivity contribution is 5.88. The van der Waals surface area contributed by atoms with E-state index in [0.29, 0.717) is 5.56 Å². The maximum atomic E-state index is 13.9. The van der Waals surface area contributed by atoms with Crippen LogP contribution in [0, 0.1) is 5.82 Å². The number of carbonyl (C=O) groups excluding carboxylic acids is 1. The summed E-state index contributed by atoms with van der Waals surface area (Å²) in [5, 5.41) is 9.21. The maximum absolute atomic E-state index is 13.9. The number of hydrogen-bond donors (Lipinski definition) is 1. The van der Waals surface area contributed by atoms with Crippen molar-refractivity contribution in [3.8, 4) is 22.6 Å². The highest BCUT2D eigenvalue weighted by Crippen LogP contribution is 2.27. The fraction of sp³-hybridized carbons (Fsp3) is 0.0625. The number of rotatable bonds is 3. The van der Waals surface area contributed by atoms with Crippen LogP contribution in [0.3, 0.4) is 0 Å². The van der Waals surface area contributed by atoms with Crippen LogP contribution in [-0.4, -0.2) is 11.1 Å². The van der Waals surface area contributed by atoms with E-state index in [9.17, 15) is 14.3 Å². The largest absolute Gasteiger partial charge is 0.508 e. The molecule has 0 heterocycles. The summed E-state index contributed by atoms with van der Waals surface area (Å²) >= 11 is 0. The molecule has 0 aliphatic carbocycles. The number of phenolic OH excluding ortho intramolecular Hbond substituents is 1. The van der Waals surface area contributed by atoms with Gasteiger partial charge in [-0.05, 0) is 42.3 Å². The molecule has 20 heavy (non-hydrogen) atoms. The molecule has 0 aromatic heterocycles. The molecular weight excluding hydrogens is 259 g/mol. The summed E-state index contributed by atoms with van der Waals surface area (Å²) in [6, 6.07) is 10.7. The van der Waals surface area contributed by atoms with Crippen molar-refractivity contribution in [2.24, 2.45) is 0 Å². The Bertz CT molecular complexity index is 660. The van der Waals surface area contributed by atoms with Gasteiger partial charge in [0.2, 0.25) is 0 Å². The molecule has 1 N–H and O–H groups in total. The number of carbonyl (C=O) groups is 1. The molecule has 2 aromatic carbocycles. The lowest BCUT2D eigenvalue weighted by Gasteiger charge is -2.07. The van der Waals surface area contributed by atoms with Gasteiger partial charge in [0.15, 0.2) is 11.6 Å². The fourth-order valence-electron chi connectivity index (χ4n) is 1.60. The third-order valence-electron chi connectivity index (χ3n) is 2.68. The standard InChI is InChI=1S/C16H13FO3/c1-10(2)16(19)20-15-8-5-12(9-14(15)17)11-3-6-13(18)7-4-11/h3-9,18H,1H2,2H3. The van der Waals surface area contributed by atoms with Crippen LogP contribution in [0.5, 0.6) is 11.5 Å². The number of hydrogen-bond acceptors (Lipinski definition) is 3. The molecule has 2 aromatic rings. The number of halogens is 1. The van der Waals surface area contributed by atoms with E-state index in [0.717, 1.165) is 5.56 Å². The van der Waals surface area contributed by atoms with Crippen LogP contribution in [-0.2, 0) is 4.79 Å². The van der Waals surface area contributed by atoms with Gasteiger partial charge in [-0.1, -0.05) is 24.8 Å². The Morgan fingerprint density at radius 2 is 1.75 bits per heavy atom. The summed E-state index contributed by atoms with van der Waals surface area (Å²) in [6.07, 6.45) is 0. The molecule has 0 atom stereocenters.